The molecule has 2 rings (SSSR count). The Morgan fingerprint density at radius 3 is 2.48 bits per heavy atom. The molecule has 1 aliphatic heterocycles. The van der Waals surface area contributed by atoms with Crippen LogP contribution >= 0.6 is 0 Å². The number of nitrogens with zero attached hydrogens (tertiary/aromatic N) is 3. The molecule has 1 aliphatic rings. The van der Waals surface area contributed by atoms with Crippen LogP contribution in [0.4, 0.5) is 5.69 Å². The number of hydrogen-bond donors (Lipinski definition) is 0. The van der Waals surface area contributed by atoms with Gasteiger partial charge < -0.3 is 14.5 Å². The van der Waals surface area contributed by atoms with E-state index >= 15 is 0 Å². The number of carbonyl (C=O) groups is 1. The summed E-state index contributed by atoms with van der Waals surface area (Å²) < 4.78 is 5.08. The fraction of sp³-hybridized carbons (Fsp3) is 0.611. The zero-order valence-electron chi connectivity index (χ0n) is 14.6. The first-order valence-corrected chi connectivity index (χ1v) is 8.41. The van der Waals surface area contributed by atoms with Gasteiger partial charge in [0.15, 0.2) is 0 Å². The molecule has 0 spiro atoms. The lowest BCUT2D eigenvalue weighted by Crippen LogP contribution is -2.53. The third kappa shape index (κ3) is 4.94. The van der Waals surface area contributed by atoms with Crippen LogP contribution in [0.5, 0.6) is 0 Å². The molecule has 5 heteroatoms. The molecule has 1 unspecified atom stereocenters. The summed E-state index contributed by atoms with van der Waals surface area (Å²) in [4.78, 5) is 19.1. The number of anilines is 1. The molecule has 0 aliphatic carbocycles. The Kier molecular flexibility index (Phi) is 6.86. The topological polar surface area (TPSA) is 36.0 Å². The average Bonchev–Trinajstić information content (AvgIpc) is 2.61. The number of hydrogen-bond acceptors (Lipinski definition) is 4. The third-order valence-corrected chi connectivity index (χ3v) is 4.59. The second kappa shape index (κ2) is 8.89. The van der Waals surface area contributed by atoms with E-state index in [-0.39, 0.29) is 11.9 Å². The number of carbonyl (C=O) groups excluding carboxylic acids is 1. The Hall–Kier alpha value is -1.59. The molecule has 0 saturated carbocycles. The lowest BCUT2D eigenvalue weighted by molar-refractivity contribution is -0.136. The second-order valence-electron chi connectivity index (χ2n) is 6.15. The van der Waals surface area contributed by atoms with Crippen LogP contribution < -0.4 is 4.90 Å². The van der Waals surface area contributed by atoms with Crippen molar-refractivity contribution in [2.75, 3.05) is 58.4 Å². The molecule has 1 fully saturated rings. The van der Waals surface area contributed by atoms with Crippen LogP contribution in [-0.4, -0.2) is 75.2 Å². The zero-order chi connectivity index (χ0) is 16.7. The Bertz CT molecular complexity index is 472. The van der Waals surface area contributed by atoms with Gasteiger partial charge in [0, 0.05) is 52.1 Å². The minimum absolute atomic E-state index is 0.0740. The molecular weight excluding hydrogens is 290 g/mol. The summed E-state index contributed by atoms with van der Waals surface area (Å²) in [5, 5.41) is 0. The normalized spacial score (nSPS) is 16.7. The zero-order valence-corrected chi connectivity index (χ0v) is 14.6. The number of para-hydroxylation sites is 1. The summed E-state index contributed by atoms with van der Waals surface area (Å²) in [7, 11) is 3.72. The molecule has 1 aromatic carbocycles. The van der Waals surface area contributed by atoms with Crippen molar-refractivity contribution in [1.29, 1.82) is 0 Å². The summed E-state index contributed by atoms with van der Waals surface area (Å²) in [6.45, 7) is 7.00. The van der Waals surface area contributed by atoms with Gasteiger partial charge in [-0.2, -0.15) is 0 Å². The number of amides is 1. The first-order valence-electron chi connectivity index (χ1n) is 8.41. The van der Waals surface area contributed by atoms with E-state index in [1.807, 2.05) is 24.9 Å². The molecule has 0 bridgehead atoms. The van der Waals surface area contributed by atoms with Gasteiger partial charge in [0.2, 0.25) is 5.91 Å². The first kappa shape index (κ1) is 17.8. The number of benzene rings is 1. The highest BCUT2D eigenvalue weighted by atomic mass is 16.5. The van der Waals surface area contributed by atoms with E-state index < -0.39 is 0 Å². The maximum atomic E-state index is 12.6. The number of ether oxygens (including phenoxy) is 1. The minimum Gasteiger partial charge on any atom is -0.385 e. The predicted molar refractivity (Wildman–Crippen MR) is 93.8 cm³/mol. The Labute approximate surface area is 139 Å². The van der Waals surface area contributed by atoms with Crippen LogP contribution in [-0.2, 0) is 9.53 Å². The van der Waals surface area contributed by atoms with Crippen LogP contribution in [0, 0.1) is 0 Å². The lowest BCUT2D eigenvalue weighted by Gasteiger charge is -2.38. The number of methoxy groups -OCH3 is 1. The molecule has 1 saturated heterocycles. The van der Waals surface area contributed by atoms with Crippen molar-refractivity contribution in [1.82, 2.24) is 9.80 Å². The maximum absolute atomic E-state index is 12.6. The summed E-state index contributed by atoms with van der Waals surface area (Å²) >= 11 is 0. The van der Waals surface area contributed by atoms with Crippen molar-refractivity contribution in [2.24, 2.45) is 0 Å². The van der Waals surface area contributed by atoms with E-state index in [0.29, 0.717) is 0 Å². The van der Waals surface area contributed by atoms with Gasteiger partial charge in [0.05, 0.1) is 6.04 Å². The molecule has 1 heterocycles. The van der Waals surface area contributed by atoms with Gasteiger partial charge in [-0.3, -0.25) is 9.69 Å². The highest BCUT2D eigenvalue weighted by molar-refractivity contribution is 5.81. The van der Waals surface area contributed by atoms with Crippen molar-refractivity contribution in [2.45, 2.75) is 19.4 Å². The Morgan fingerprint density at radius 1 is 1.22 bits per heavy atom. The van der Waals surface area contributed by atoms with E-state index in [4.69, 9.17) is 4.74 Å². The highest BCUT2D eigenvalue weighted by Gasteiger charge is 2.26. The summed E-state index contributed by atoms with van der Waals surface area (Å²) in [6.07, 6.45) is 0.951. The van der Waals surface area contributed by atoms with E-state index in [1.54, 1.807) is 7.11 Å². The lowest BCUT2D eigenvalue weighted by atomic mass is 10.2. The average molecular weight is 319 g/mol. The van der Waals surface area contributed by atoms with E-state index in [0.717, 1.165) is 45.8 Å². The van der Waals surface area contributed by atoms with Crippen molar-refractivity contribution < 1.29 is 9.53 Å². The van der Waals surface area contributed by atoms with Gasteiger partial charge in [0.1, 0.15) is 0 Å². The second-order valence-corrected chi connectivity index (χ2v) is 6.15. The van der Waals surface area contributed by atoms with Crippen LogP contribution in [0.25, 0.3) is 0 Å². The fourth-order valence-electron chi connectivity index (χ4n) is 2.93. The van der Waals surface area contributed by atoms with Crippen molar-refractivity contribution in [3.05, 3.63) is 30.3 Å². The van der Waals surface area contributed by atoms with Gasteiger partial charge in [-0.1, -0.05) is 18.2 Å². The maximum Gasteiger partial charge on any atom is 0.239 e. The standard InChI is InChI=1S/C18H29N3O2/c1-16(19(2)10-7-15-23-3)18(22)21-13-11-20(12-14-21)17-8-5-4-6-9-17/h4-6,8-9,16H,7,10-15H2,1-3H3. The van der Waals surface area contributed by atoms with Crippen molar-refractivity contribution in [3.8, 4) is 0 Å². The highest BCUT2D eigenvalue weighted by Crippen LogP contribution is 2.16. The molecule has 1 amide bonds. The summed E-state index contributed by atoms with van der Waals surface area (Å²) in [5.74, 6) is 0.234. The molecule has 1 aromatic rings. The molecule has 0 N–H and O–H groups in total. The smallest absolute Gasteiger partial charge is 0.239 e. The van der Waals surface area contributed by atoms with Crippen molar-refractivity contribution in [3.63, 3.8) is 0 Å². The van der Waals surface area contributed by atoms with E-state index in [2.05, 4.69) is 34.1 Å². The van der Waals surface area contributed by atoms with Gasteiger partial charge in [-0.05, 0) is 32.5 Å². The SMILES string of the molecule is COCCCN(C)C(C)C(=O)N1CCN(c2ccccc2)CC1. The molecular formula is C18H29N3O2. The van der Waals surface area contributed by atoms with Crippen molar-refractivity contribution >= 4 is 11.6 Å². The van der Waals surface area contributed by atoms with Gasteiger partial charge in [0.25, 0.3) is 0 Å². The summed E-state index contributed by atoms with van der Waals surface area (Å²) in [5.41, 5.74) is 1.24. The molecule has 1 atom stereocenters. The quantitative estimate of drug-likeness (QED) is 0.717. The molecule has 0 radical (unpaired) electrons. The molecule has 23 heavy (non-hydrogen) atoms. The van der Waals surface area contributed by atoms with Gasteiger partial charge >= 0.3 is 0 Å². The Morgan fingerprint density at radius 2 is 1.87 bits per heavy atom. The van der Waals surface area contributed by atoms with Crippen LogP contribution in [0.3, 0.4) is 0 Å². The predicted octanol–water partition coefficient (Wildman–Crippen LogP) is 1.69. The first-order chi connectivity index (χ1) is 11.1. The minimum atomic E-state index is -0.0740. The third-order valence-electron chi connectivity index (χ3n) is 4.59. The van der Waals surface area contributed by atoms with Gasteiger partial charge in [-0.25, -0.2) is 0 Å². The summed E-state index contributed by atoms with van der Waals surface area (Å²) in [6, 6.07) is 10.3. The monoisotopic (exact) mass is 319 g/mol. The van der Waals surface area contributed by atoms with E-state index in [1.165, 1.54) is 5.69 Å². The van der Waals surface area contributed by atoms with Crippen LogP contribution in [0.2, 0.25) is 0 Å². The number of likely N-dealkylation sites (N-methyl/N-ethyl adjacent to an activating group) is 1. The fourth-order valence-corrected chi connectivity index (χ4v) is 2.93. The number of rotatable bonds is 7. The molecule has 5 nitrogen and oxygen atoms in total. The Balaban J connectivity index is 1.81. The van der Waals surface area contributed by atoms with Gasteiger partial charge in [-0.15, -0.1) is 0 Å². The van der Waals surface area contributed by atoms with E-state index in [9.17, 15) is 4.79 Å². The number of piperazine rings is 1. The largest absolute Gasteiger partial charge is 0.385 e. The molecule has 128 valence electrons. The van der Waals surface area contributed by atoms with Crippen LogP contribution in [0.15, 0.2) is 30.3 Å². The van der Waals surface area contributed by atoms with Crippen LogP contribution in [0.1, 0.15) is 13.3 Å². The molecule has 0 aromatic heterocycles.